The lowest BCUT2D eigenvalue weighted by molar-refractivity contribution is -0.133. The van der Waals surface area contributed by atoms with Crippen LogP contribution in [0.5, 0.6) is 5.75 Å². The Bertz CT molecular complexity index is 980. The lowest BCUT2D eigenvalue weighted by atomic mass is 9.80. The van der Waals surface area contributed by atoms with E-state index in [0.717, 1.165) is 17.7 Å². The van der Waals surface area contributed by atoms with Gasteiger partial charge in [0.05, 0.1) is 23.0 Å². The van der Waals surface area contributed by atoms with Gasteiger partial charge in [0.15, 0.2) is 11.4 Å². The minimum absolute atomic E-state index is 0.0448. The molecule has 0 bridgehead atoms. The van der Waals surface area contributed by atoms with E-state index < -0.39 is 11.4 Å². The number of hydrogen-bond donors (Lipinski definition) is 4. The Labute approximate surface area is 180 Å². The van der Waals surface area contributed by atoms with E-state index in [-0.39, 0.29) is 34.6 Å². The summed E-state index contributed by atoms with van der Waals surface area (Å²) >= 11 is 1.61. The zero-order valence-electron chi connectivity index (χ0n) is 17.5. The van der Waals surface area contributed by atoms with Crippen molar-refractivity contribution in [3.05, 3.63) is 57.5 Å². The van der Waals surface area contributed by atoms with Crippen molar-refractivity contribution >= 4 is 28.7 Å². The Morgan fingerprint density at radius 3 is 2.60 bits per heavy atom. The van der Waals surface area contributed by atoms with E-state index in [2.05, 4.69) is 17.6 Å². The van der Waals surface area contributed by atoms with Crippen molar-refractivity contribution in [2.75, 3.05) is 19.4 Å². The molecule has 0 aliphatic heterocycles. The molecular weight excluding hydrogens is 402 g/mol. The fraction of sp³-hybridized carbons (Fsp3) is 0.364. The molecule has 2 aromatic rings. The zero-order valence-corrected chi connectivity index (χ0v) is 18.3. The zero-order chi connectivity index (χ0) is 22.1. The van der Waals surface area contributed by atoms with Crippen LogP contribution >= 0.6 is 11.3 Å². The molecule has 2 atom stereocenters. The molecule has 0 saturated carbocycles. The number of nitrogens with zero attached hydrogens (tertiary/aromatic N) is 1. The largest absolute Gasteiger partial charge is 0.505 e. The molecule has 2 unspecified atom stereocenters. The Balaban J connectivity index is 1.94. The second kappa shape index (κ2) is 8.49. The van der Waals surface area contributed by atoms with Crippen LogP contribution in [-0.4, -0.2) is 46.5 Å². The minimum atomic E-state index is -1.64. The Kier molecular flexibility index (Phi) is 6.19. The number of nitrogens with one attached hydrogen (secondary N) is 2. The van der Waals surface area contributed by atoms with Crippen LogP contribution in [0.25, 0.3) is 0 Å². The third kappa shape index (κ3) is 3.93. The van der Waals surface area contributed by atoms with Gasteiger partial charge in [0.2, 0.25) is 5.78 Å². The molecular formula is C22H27N3O4S. The van der Waals surface area contributed by atoms with Gasteiger partial charge in [-0.25, -0.2) is 0 Å². The first kappa shape index (κ1) is 21.9. The number of carbonyl (C=O) groups excluding carboxylic acids is 2. The highest BCUT2D eigenvalue weighted by Gasteiger charge is 2.50. The second-order valence-corrected chi connectivity index (χ2v) is 8.66. The monoisotopic (exact) mass is 429 g/mol. The number of amides is 1. The van der Waals surface area contributed by atoms with Gasteiger partial charge in [-0.1, -0.05) is 25.5 Å². The van der Waals surface area contributed by atoms with Crippen LogP contribution in [0.1, 0.15) is 48.0 Å². The Morgan fingerprint density at radius 1 is 1.27 bits per heavy atom. The van der Waals surface area contributed by atoms with Crippen molar-refractivity contribution in [1.82, 2.24) is 10.2 Å². The van der Waals surface area contributed by atoms with Crippen LogP contribution in [-0.2, 0) is 4.79 Å². The van der Waals surface area contributed by atoms with Crippen molar-refractivity contribution in [1.29, 1.82) is 0 Å². The maximum absolute atomic E-state index is 12.6. The van der Waals surface area contributed by atoms with Gasteiger partial charge in [-0.2, -0.15) is 0 Å². The van der Waals surface area contributed by atoms with E-state index in [1.807, 2.05) is 17.5 Å². The fourth-order valence-electron chi connectivity index (χ4n) is 3.41. The molecule has 1 aliphatic rings. The summed E-state index contributed by atoms with van der Waals surface area (Å²) in [6, 6.07) is 8.66. The summed E-state index contributed by atoms with van der Waals surface area (Å²) < 4.78 is 0. The predicted molar refractivity (Wildman–Crippen MR) is 118 cm³/mol. The lowest BCUT2D eigenvalue weighted by Gasteiger charge is -2.39. The molecule has 1 aromatic heterocycles. The highest BCUT2D eigenvalue weighted by atomic mass is 32.1. The first-order valence-corrected chi connectivity index (χ1v) is 10.7. The molecule has 4 N–H and O–H groups in total. The molecule has 3 rings (SSSR count). The number of para-hydroxylation sites is 1. The van der Waals surface area contributed by atoms with Crippen molar-refractivity contribution < 1.29 is 19.8 Å². The summed E-state index contributed by atoms with van der Waals surface area (Å²) in [4.78, 5) is 27.3. The molecule has 160 valence electrons. The number of phenols is 1. The van der Waals surface area contributed by atoms with E-state index in [1.54, 1.807) is 37.6 Å². The van der Waals surface area contributed by atoms with E-state index in [9.17, 15) is 19.8 Å². The van der Waals surface area contributed by atoms with Gasteiger partial charge in [0, 0.05) is 19.0 Å². The standard InChI is InChI=1S/C22H27N3O4S/c1-5-8-14(16-11-7-12-30-16)24-19-17(20(27)22(19,2)29)23-15-10-6-9-13(18(15)26)21(28)25(3)4/h6-7,9-12,14,23-24,26,29H,5,8H2,1-4H3. The maximum atomic E-state index is 12.6. The topological polar surface area (TPSA) is 102 Å². The van der Waals surface area contributed by atoms with E-state index in [1.165, 1.54) is 17.9 Å². The number of hydrogen-bond acceptors (Lipinski definition) is 7. The normalized spacial score (nSPS) is 19.3. The van der Waals surface area contributed by atoms with Gasteiger partial charge in [-0.3, -0.25) is 9.59 Å². The number of anilines is 1. The summed E-state index contributed by atoms with van der Waals surface area (Å²) in [5.74, 6) is -1.07. The van der Waals surface area contributed by atoms with Crippen molar-refractivity contribution in [3.63, 3.8) is 0 Å². The van der Waals surface area contributed by atoms with Gasteiger partial charge < -0.3 is 25.7 Å². The Morgan fingerprint density at radius 2 is 2.00 bits per heavy atom. The molecule has 1 amide bonds. The molecule has 1 aliphatic carbocycles. The number of Topliss-reactive ketones (excluding diaryl/α,β-unsaturated/α-hetero) is 1. The number of rotatable bonds is 8. The molecule has 0 radical (unpaired) electrons. The third-order valence-electron chi connectivity index (χ3n) is 5.12. The third-order valence-corrected chi connectivity index (χ3v) is 6.11. The van der Waals surface area contributed by atoms with E-state index in [0.29, 0.717) is 5.70 Å². The summed E-state index contributed by atoms with van der Waals surface area (Å²) in [5.41, 5.74) is -0.728. The van der Waals surface area contributed by atoms with Crippen LogP contribution in [0.15, 0.2) is 47.1 Å². The quantitative estimate of drug-likeness (QED) is 0.481. The smallest absolute Gasteiger partial charge is 0.257 e. The number of benzene rings is 1. The molecule has 0 spiro atoms. The van der Waals surface area contributed by atoms with Crippen LogP contribution in [0, 0.1) is 0 Å². The van der Waals surface area contributed by atoms with Gasteiger partial charge in [0.1, 0.15) is 5.70 Å². The SMILES string of the molecule is CCCC(NC1=C(Nc2cccc(C(=O)N(C)C)c2O)C(=O)C1(C)O)c1cccs1. The number of ketones is 1. The summed E-state index contributed by atoms with van der Waals surface area (Å²) in [6.45, 7) is 3.53. The fourth-order valence-corrected chi connectivity index (χ4v) is 4.23. The molecule has 30 heavy (non-hydrogen) atoms. The van der Waals surface area contributed by atoms with Crippen molar-refractivity contribution in [3.8, 4) is 5.75 Å². The van der Waals surface area contributed by atoms with Gasteiger partial charge >= 0.3 is 0 Å². The number of aliphatic hydroxyl groups is 1. The highest BCUT2D eigenvalue weighted by Crippen LogP contribution is 2.39. The van der Waals surface area contributed by atoms with Gasteiger partial charge in [-0.05, 0) is 36.9 Å². The first-order chi connectivity index (χ1) is 14.2. The molecule has 1 heterocycles. The summed E-state index contributed by atoms with van der Waals surface area (Å²) in [6.07, 6.45) is 1.76. The average molecular weight is 430 g/mol. The van der Waals surface area contributed by atoms with Crippen LogP contribution in [0.3, 0.4) is 0 Å². The molecule has 0 fully saturated rings. The highest BCUT2D eigenvalue weighted by molar-refractivity contribution is 7.10. The molecule has 8 heteroatoms. The van der Waals surface area contributed by atoms with Gasteiger partial charge in [-0.15, -0.1) is 11.3 Å². The minimum Gasteiger partial charge on any atom is -0.505 e. The molecule has 0 saturated heterocycles. The van der Waals surface area contributed by atoms with Crippen LogP contribution in [0.4, 0.5) is 5.69 Å². The van der Waals surface area contributed by atoms with E-state index >= 15 is 0 Å². The van der Waals surface area contributed by atoms with Crippen molar-refractivity contribution in [2.24, 2.45) is 0 Å². The number of aromatic hydroxyl groups is 1. The second-order valence-electron chi connectivity index (χ2n) is 7.68. The number of thiophene rings is 1. The molecule has 7 nitrogen and oxygen atoms in total. The summed E-state index contributed by atoms with van der Waals surface area (Å²) in [7, 11) is 3.19. The van der Waals surface area contributed by atoms with Crippen LogP contribution < -0.4 is 10.6 Å². The predicted octanol–water partition coefficient (Wildman–Crippen LogP) is 3.24. The molecule has 1 aromatic carbocycles. The lowest BCUT2D eigenvalue weighted by Crippen LogP contribution is -2.55. The van der Waals surface area contributed by atoms with Gasteiger partial charge in [0.25, 0.3) is 5.91 Å². The average Bonchev–Trinajstić information content (AvgIpc) is 3.24. The van der Waals surface area contributed by atoms with Crippen LogP contribution in [0.2, 0.25) is 0 Å². The van der Waals surface area contributed by atoms with Crippen molar-refractivity contribution in [2.45, 2.75) is 38.3 Å². The first-order valence-electron chi connectivity index (χ1n) is 9.81. The maximum Gasteiger partial charge on any atom is 0.257 e. The van der Waals surface area contributed by atoms with E-state index in [4.69, 9.17) is 0 Å². The summed E-state index contributed by atoms with van der Waals surface area (Å²) in [5, 5.41) is 29.5. The number of carbonyl (C=O) groups is 2. The Hall–Kier alpha value is -2.84. The number of phenolic OH excluding ortho intramolecular Hbond substituents is 1.